The van der Waals surface area contributed by atoms with Crippen molar-refractivity contribution < 1.29 is 9.47 Å². The fourth-order valence-electron chi connectivity index (χ4n) is 3.98. The zero-order chi connectivity index (χ0) is 25.4. The lowest BCUT2D eigenvalue weighted by Gasteiger charge is -2.12. The highest BCUT2D eigenvalue weighted by atomic mass is 32.1. The van der Waals surface area contributed by atoms with Gasteiger partial charge in [-0.2, -0.15) is 0 Å². The molecule has 6 aromatic rings. The molecule has 0 aliphatic rings. The Kier molecular flexibility index (Phi) is 5.82. The largest absolute Gasteiger partial charge is 0.495 e. The monoisotopic (exact) mass is 506 g/mol. The Balaban J connectivity index is 1.26. The van der Waals surface area contributed by atoms with E-state index in [1.165, 1.54) is 4.88 Å². The van der Waals surface area contributed by atoms with Gasteiger partial charge in [0.05, 0.1) is 24.5 Å². The van der Waals surface area contributed by atoms with Gasteiger partial charge in [-0.3, -0.25) is 4.98 Å². The minimum Gasteiger partial charge on any atom is -0.495 e. The molecule has 0 amide bonds. The maximum Gasteiger partial charge on any atom is 0.161 e. The summed E-state index contributed by atoms with van der Waals surface area (Å²) in [5.74, 6) is 2.62. The Labute approximate surface area is 217 Å². The van der Waals surface area contributed by atoms with E-state index in [4.69, 9.17) is 9.47 Å². The highest BCUT2D eigenvalue weighted by Gasteiger charge is 2.15. The average molecular weight is 507 g/mol. The van der Waals surface area contributed by atoms with E-state index < -0.39 is 0 Å². The van der Waals surface area contributed by atoms with Crippen LogP contribution in [0.5, 0.6) is 17.2 Å². The zero-order valence-corrected chi connectivity index (χ0v) is 21.2. The summed E-state index contributed by atoms with van der Waals surface area (Å²) in [5, 5.41) is 15.3. The van der Waals surface area contributed by atoms with Crippen molar-refractivity contribution in [3.63, 3.8) is 0 Å². The molecule has 8 nitrogen and oxygen atoms in total. The van der Waals surface area contributed by atoms with E-state index in [1.54, 1.807) is 36.9 Å². The molecule has 6 rings (SSSR count). The molecule has 0 saturated carbocycles. The Morgan fingerprint density at radius 1 is 0.865 bits per heavy atom. The number of benzene rings is 2. The van der Waals surface area contributed by atoms with Gasteiger partial charge in [-0.15, -0.1) is 21.5 Å². The van der Waals surface area contributed by atoms with Crippen LogP contribution in [0.1, 0.15) is 10.6 Å². The van der Waals surface area contributed by atoms with Crippen LogP contribution in [-0.4, -0.2) is 32.3 Å². The predicted molar refractivity (Wildman–Crippen MR) is 146 cm³/mol. The molecule has 0 atom stereocenters. The first-order valence-corrected chi connectivity index (χ1v) is 12.4. The quantitative estimate of drug-likeness (QED) is 0.262. The lowest BCUT2D eigenvalue weighted by Crippen LogP contribution is -1.99. The van der Waals surface area contributed by atoms with Gasteiger partial charge in [0.2, 0.25) is 0 Å². The maximum absolute atomic E-state index is 6.11. The van der Waals surface area contributed by atoms with Crippen LogP contribution in [-0.2, 0) is 0 Å². The van der Waals surface area contributed by atoms with Gasteiger partial charge in [-0.1, -0.05) is 24.3 Å². The van der Waals surface area contributed by atoms with Gasteiger partial charge in [0.1, 0.15) is 27.7 Å². The summed E-state index contributed by atoms with van der Waals surface area (Å²) in [6, 6.07) is 19.4. The van der Waals surface area contributed by atoms with Gasteiger partial charge in [-0.05, 0) is 38.1 Å². The number of anilines is 2. The highest BCUT2D eigenvalue weighted by Crippen LogP contribution is 2.35. The standard InChI is InChI=1S/C28H22N6O2S/c1-16-17(2)37-28(31-16)25-21-6-4-5-7-22(21)27(34-33-25)32-18-8-10-19(11-9-18)36-24-12-13-29-23-14-20(35-3)15-30-26(23)24/h4-15H,1-3H3,(H,32,34). The Bertz CT molecular complexity index is 1730. The summed E-state index contributed by atoms with van der Waals surface area (Å²) in [6.45, 7) is 4.08. The van der Waals surface area contributed by atoms with E-state index >= 15 is 0 Å². The first-order valence-electron chi connectivity index (χ1n) is 11.6. The molecule has 4 aromatic heterocycles. The van der Waals surface area contributed by atoms with Crippen molar-refractivity contribution in [2.75, 3.05) is 12.4 Å². The molecule has 0 bridgehead atoms. The fourth-order valence-corrected chi connectivity index (χ4v) is 4.89. The second-order valence-corrected chi connectivity index (χ2v) is 9.61. The third-order valence-corrected chi connectivity index (χ3v) is 7.09. The molecular formula is C28H22N6O2S. The van der Waals surface area contributed by atoms with Crippen molar-refractivity contribution in [1.29, 1.82) is 0 Å². The van der Waals surface area contributed by atoms with Gasteiger partial charge < -0.3 is 14.8 Å². The first kappa shape index (κ1) is 22.8. The number of aryl methyl sites for hydroxylation is 2. The molecule has 0 aliphatic carbocycles. The summed E-state index contributed by atoms with van der Waals surface area (Å²) in [4.78, 5) is 14.7. The normalized spacial score (nSPS) is 11.1. The third-order valence-electron chi connectivity index (χ3n) is 6.01. The average Bonchev–Trinajstić information content (AvgIpc) is 3.27. The maximum atomic E-state index is 6.11. The number of aromatic nitrogens is 5. The van der Waals surface area contributed by atoms with E-state index in [9.17, 15) is 0 Å². The fraction of sp³-hybridized carbons (Fsp3) is 0.107. The topological polar surface area (TPSA) is 94.9 Å². The number of methoxy groups -OCH3 is 1. The molecule has 37 heavy (non-hydrogen) atoms. The summed E-state index contributed by atoms with van der Waals surface area (Å²) >= 11 is 1.63. The van der Waals surface area contributed by atoms with Crippen LogP contribution >= 0.6 is 11.3 Å². The van der Waals surface area contributed by atoms with Crippen LogP contribution in [0, 0.1) is 13.8 Å². The zero-order valence-electron chi connectivity index (χ0n) is 20.4. The van der Waals surface area contributed by atoms with E-state index in [1.807, 2.05) is 55.5 Å². The van der Waals surface area contributed by atoms with Gasteiger partial charge in [0.25, 0.3) is 0 Å². The number of pyridine rings is 2. The van der Waals surface area contributed by atoms with Crippen molar-refractivity contribution in [3.8, 4) is 28.0 Å². The molecule has 9 heteroatoms. The van der Waals surface area contributed by atoms with Crippen molar-refractivity contribution >= 4 is 44.6 Å². The second kappa shape index (κ2) is 9.44. The number of hydrogen-bond acceptors (Lipinski definition) is 9. The number of nitrogens with one attached hydrogen (secondary N) is 1. The molecule has 0 spiro atoms. The Morgan fingerprint density at radius 2 is 1.68 bits per heavy atom. The molecule has 4 heterocycles. The van der Waals surface area contributed by atoms with Crippen LogP contribution in [0.4, 0.5) is 11.5 Å². The Morgan fingerprint density at radius 3 is 2.43 bits per heavy atom. The molecule has 0 unspecified atom stereocenters. The van der Waals surface area contributed by atoms with Crippen LogP contribution in [0.15, 0.2) is 73.1 Å². The molecule has 0 fully saturated rings. The number of fused-ring (bicyclic) bond motifs is 2. The number of hydrogen-bond donors (Lipinski definition) is 1. The second-order valence-electron chi connectivity index (χ2n) is 8.41. The van der Waals surface area contributed by atoms with E-state index in [0.29, 0.717) is 34.1 Å². The van der Waals surface area contributed by atoms with Crippen LogP contribution in [0.25, 0.3) is 32.5 Å². The summed E-state index contributed by atoms with van der Waals surface area (Å²) in [6.07, 6.45) is 3.34. The minimum atomic E-state index is 0.619. The van der Waals surface area contributed by atoms with E-state index in [0.717, 1.165) is 32.9 Å². The van der Waals surface area contributed by atoms with Crippen LogP contribution < -0.4 is 14.8 Å². The molecule has 0 radical (unpaired) electrons. The first-order chi connectivity index (χ1) is 18.1. The van der Waals surface area contributed by atoms with Gasteiger partial charge >= 0.3 is 0 Å². The minimum absolute atomic E-state index is 0.619. The molecule has 2 aromatic carbocycles. The van der Waals surface area contributed by atoms with Gasteiger partial charge in [0.15, 0.2) is 11.6 Å². The lowest BCUT2D eigenvalue weighted by atomic mass is 10.1. The van der Waals surface area contributed by atoms with Crippen LogP contribution in [0.2, 0.25) is 0 Å². The smallest absolute Gasteiger partial charge is 0.161 e. The van der Waals surface area contributed by atoms with Crippen LogP contribution in [0.3, 0.4) is 0 Å². The van der Waals surface area contributed by atoms with Crippen molar-refractivity contribution in [1.82, 2.24) is 25.1 Å². The number of thiazole rings is 1. The molecule has 0 aliphatic heterocycles. The van der Waals surface area contributed by atoms with Gasteiger partial charge in [-0.25, -0.2) is 9.97 Å². The number of rotatable bonds is 6. The predicted octanol–water partition coefficient (Wildman–Crippen LogP) is 6.86. The molecule has 182 valence electrons. The van der Waals surface area contributed by atoms with Gasteiger partial charge in [0, 0.05) is 39.7 Å². The summed E-state index contributed by atoms with van der Waals surface area (Å²) in [7, 11) is 1.60. The molecule has 0 saturated heterocycles. The lowest BCUT2D eigenvalue weighted by molar-refractivity contribution is 0.413. The van der Waals surface area contributed by atoms with E-state index in [-0.39, 0.29) is 0 Å². The van der Waals surface area contributed by atoms with Crippen molar-refractivity contribution in [3.05, 3.63) is 83.6 Å². The SMILES string of the molecule is COc1cnc2c(Oc3ccc(Nc4nnc(-c5nc(C)c(C)s5)c5ccccc45)cc3)ccnc2c1. The Hall–Kier alpha value is -4.63. The van der Waals surface area contributed by atoms with Crippen molar-refractivity contribution in [2.45, 2.75) is 13.8 Å². The summed E-state index contributed by atoms with van der Waals surface area (Å²) in [5.41, 5.74) is 4.04. The molecular weight excluding hydrogens is 484 g/mol. The van der Waals surface area contributed by atoms with E-state index in [2.05, 4.69) is 43.5 Å². The highest BCUT2D eigenvalue weighted by molar-refractivity contribution is 7.15. The van der Waals surface area contributed by atoms with Crippen molar-refractivity contribution in [2.24, 2.45) is 0 Å². The molecule has 1 N–H and O–H groups in total. The number of nitrogens with zero attached hydrogens (tertiary/aromatic N) is 5. The summed E-state index contributed by atoms with van der Waals surface area (Å²) < 4.78 is 11.4. The number of ether oxygens (including phenoxy) is 2. The third kappa shape index (κ3) is 4.41.